The highest BCUT2D eigenvalue weighted by Gasteiger charge is 2.29. The zero-order chi connectivity index (χ0) is 15.4. The number of hydrogen-bond acceptors (Lipinski definition) is 4. The van der Waals surface area contributed by atoms with E-state index >= 15 is 0 Å². The SMILES string of the molecule is COc1ccc(CC(=O)N2CCO[C@@H](C(=O)O)C2)c(Cl)c1. The molecule has 114 valence electrons. The number of nitrogens with zero attached hydrogens (tertiary/aromatic N) is 1. The van der Waals surface area contributed by atoms with E-state index in [-0.39, 0.29) is 25.5 Å². The molecule has 0 bridgehead atoms. The van der Waals surface area contributed by atoms with Gasteiger partial charge in [-0.15, -0.1) is 0 Å². The molecule has 0 aromatic heterocycles. The van der Waals surface area contributed by atoms with E-state index in [0.29, 0.717) is 22.9 Å². The van der Waals surface area contributed by atoms with E-state index in [1.807, 2.05) is 0 Å². The van der Waals surface area contributed by atoms with Crippen molar-refractivity contribution in [3.63, 3.8) is 0 Å². The molecule has 1 atom stereocenters. The Morgan fingerprint density at radius 2 is 2.29 bits per heavy atom. The predicted molar refractivity (Wildman–Crippen MR) is 75.7 cm³/mol. The summed E-state index contributed by atoms with van der Waals surface area (Å²) >= 11 is 6.10. The molecule has 0 aliphatic carbocycles. The van der Waals surface area contributed by atoms with E-state index in [4.69, 9.17) is 26.2 Å². The van der Waals surface area contributed by atoms with Crippen LogP contribution in [0.25, 0.3) is 0 Å². The molecule has 7 heteroatoms. The molecule has 1 heterocycles. The van der Waals surface area contributed by atoms with Gasteiger partial charge in [-0.25, -0.2) is 4.79 Å². The maximum atomic E-state index is 12.2. The molecule has 1 saturated heterocycles. The van der Waals surface area contributed by atoms with Gasteiger partial charge in [0.15, 0.2) is 6.10 Å². The Morgan fingerprint density at radius 3 is 2.90 bits per heavy atom. The van der Waals surface area contributed by atoms with Gasteiger partial charge in [0, 0.05) is 11.6 Å². The van der Waals surface area contributed by atoms with Crippen molar-refractivity contribution >= 4 is 23.5 Å². The maximum absolute atomic E-state index is 12.2. The molecule has 1 aliphatic rings. The number of hydrogen-bond donors (Lipinski definition) is 1. The Kier molecular flexibility index (Phi) is 5.03. The average Bonchev–Trinajstić information content (AvgIpc) is 2.49. The van der Waals surface area contributed by atoms with Crippen LogP contribution in [0.1, 0.15) is 5.56 Å². The van der Waals surface area contributed by atoms with Gasteiger partial charge in [-0.2, -0.15) is 0 Å². The molecule has 0 spiro atoms. The number of ether oxygens (including phenoxy) is 2. The highest BCUT2D eigenvalue weighted by molar-refractivity contribution is 6.31. The van der Waals surface area contributed by atoms with Crippen molar-refractivity contribution in [1.29, 1.82) is 0 Å². The minimum absolute atomic E-state index is 0.0575. The van der Waals surface area contributed by atoms with E-state index < -0.39 is 12.1 Å². The number of carbonyl (C=O) groups excluding carboxylic acids is 1. The first-order chi connectivity index (χ1) is 10.0. The summed E-state index contributed by atoms with van der Waals surface area (Å²) in [4.78, 5) is 24.6. The van der Waals surface area contributed by atoms with Crippen molar-refractivity contribution in [2.24, 2.45) is 0 Å². The lowest BCUT2D eigenvalue weighted by molar-refractivity contribution is -0.159. The van der Waals surface area contributed by atoms with E-state index in [1.54, 1.807) is 18.2 Å². The molecular formula is C14H16ClNO5. The van der Waals surface area contributed by atoms with Crippen LogP contribution in [0.5, 0.6) is 5.75 Å². The molecule has 1 amide bonds. The van der Waals surface area contributed by atoms with Crippen LogP contribution < -0.4 is 4.74 Å². The van der Waals surface area contributed by atoms with Crippen LogP contribution in [0.4, 0.5) is 0 Å². The third kappa shape index (κ3) is 3.86. The van der Waals surface area contributed by atoms with Crippen molar-refractivity contribution < 1.29 is 24.2 Å². The second-order valence-electron chi connectivity index (χ2n) is 4.67. The Morgan fingerprint density at radius 1 is 1.52 bits per heavy atom. The first kappa shape index (κ1) is 15.6. The topological polar surface area (TPSA) is 76.1 Å². The number of halogens is 1. The molecular weight excluding hydrogens is 298 g/mol. The fourth-order valence-corrected chi connectivity index (χ4v) is 2.34. The molecule has 1 aliphatic heterocycles. The number of morpholine rings is 1. The highest BCUT2D eigenvalue weighted by Crippen LogP contribution is 2.23. The summed E-state index contributed by atoms with van der Waals surface area (Å²) < 4.78 is 10.1. The highest BCUT2D eigenvalue weighted by atomic mass is 35.5. The second kappa shape index (κ2) is 6.78. The van der Waals surface area contributed by atoms with E-state index in [9.17, 15) is 9.59 Å². The predicted octanol–water partition coefficient (Wildman–Crippen LogP) is 1.20. The Bertz CT molecular complexity index is 548. The fourth-order valence-electron chi connectivity index (χ4n) is 2.10. The third-order valence-corrected chi connectivity index (χ3v) is 3.65. The van der Waals surface area contributed by atoms with Crippen LogP contribution in [0.2, 0.25) is 5.02 Å². The Labute approximate surface area is 127 Å². The van der Waals surface area contributed by atoms with Crippen molar-refractivity contribution in [1.82, 2.24) is 4.90 Å². The molecule has 1 N–H and O–H groups in total. The lowest BCUT2D eigenvalue weighted by Crippen LogP contribution is -2.49. The minimum Gasteiger partial charge on any atom is -0.497 e. The van der Waals surface area contributed by atoms with Gasteiger partial charge < -0.3 is 19.5 Å². The van der Waals surface area contributed by atoms with Crippen molar-refractivity contribution in [2.75, 3.05) is 26.8 Å². The first-order valence-corrected chi connectivity index (χ1v) is 6.83. The number of methoxy groups -OCH3 is 1. The van der Waals surface area contributed by atoms with E-state index in [0.717, 1.165) is 0 Å². The molecule has 0 unspecified atom stereocenters. The van der Waals surface area contributed by atoms with Gasteiger partial charge in [-0.1, -0.05) is 17.7 Å². The van der Waals surface area contributed by atoms with Crippen molar-refractivity contribution in [3.8, 4) is 5.75 Å². The molecule has 6 nitrogen and oxygen atoms in total. The number of carbonyl (C=O) groups is 2. The van der Waals surface area contributed by atoms with Crippen LogP contribution in [0.15, 0.2) is 18.2 Å². The zero-order valence-electron chi connectivity index (χ0n) is 11.5. The number of carboxylic acid groups (broad SMARTS) is 1. The number of amides is 1. The quantitative estimate of drug-likeness (QED) is 0.904. The van der Waals surface area contributed by atoms with Crippen LogP contribution in [-0.4, -0.2) is 54.8 Å². The number of aliphatic carboxylic acids is 1. The second-order valence-corrected chi connectivity index (χ2v) is 5.08. The third-order valence-electron chi connectivity index (χ3n) is 3.30. The summed E-state index contributed by atoms with van der Waals surface area (Å²) in [5.41, 5.74) is 0.681. The van der Waals surface area contributed by atoms with Gasteiger partial charge in [0.05, 0.1) is 26.7 Å². The molecule has 0 radical (unpaired) electrons. The zero-order valence-corrected chi connectivity index (χ0v) is 12.3. The standard InChI is InChI=1S/C14H16ClNO5/c1-20-10-3-2-9(11(15)7-10)6-13(17)16-4-5-21-12(8-16)14(18)19/h2-3,7,12H,4-6,8H2,1H3,(H,18,19)/t12-/m1/s1. The Hall–Kier alpha value is -1.79. The molecule has 2 rings (SSSR count). The first-order valence-electron chi connectivity index (χ1n) is 6.46. The molecule has 21 heavy (non-hydrogen) atoms. The summed E-state index contributed by atoms with van der Waals surface area (Å²) in [5, 5.41) is 9.38. The number of benzene rings is 1. The fraction of sp³-hybridized carbons (Fsp3) is 0.429. The lowest BCUT2D eigenvalue weighted by Gasteiger charge is -2.31. The van der Waals surface area contributed by atoms with Gasteiger partial charge in [0.25, 0.3) is 0 Å². The summed E-state index contributed by atoms with van der Waals surface area (Å²) in [7, 11) is 1.54. The van der Waals surface area contributed by atoms with Gasteiger partial charge in [-0.05, 0) is 17.7 Å². The van der Waals surface area contributed by atoms with Gasteiger partial charge in [0.2, 0.25) is 5.91 Å². The lowest BCUT2D eigenvalue weighted by atomic mass is 10.1. The van der Waals surface area contributed by atoms with E-state index in [2.05, 4.69) is 0 Å². The summed E-state index contributed by atoms with van der Waals surface area (Å²) in [6, 6.07) is 5.10. The van der Waals surface area contributed by atoms with E-state index in [1.165, 1.54) is 12.0 Å². The number of rotatable bonds is 4. The van der Waals surface area contributed by atoms with Crippen molar-refractivity contribution in [3.05, 3.63) is 28.8 Å². The molecule has 1 aromatic carbocycles. The summed E-state index contributed by atoms with van der Waals surface area (Å²) in [6.07, 6.45) is -0.844. The normalized spacial score (nSPS) is 18.4. The van der Waals surface area contributed by atoms with Crippen molar-refractivity contribution in [2.45, 2.75) is 12.5 Å². The van der Waals surface area contributed by atoms with Crippen LogP contribution >= 0.6 is 11.6 Å². The molecule has 0 saturated carbocycles. The minimum atomic E-state index is -1.06. The smallest absolute Gasteiger partial charge is 0.334 e. The summed E-state index contributed by atoms with van der Waals surface area (Å²) in [6.45, 7) is 0.664. The van der Waals surface area contributed by atoms with Crippen LogP contribution in [0, 0.1) is 0 Å². The summed E-state index contributed by atoms with van der Waals surface area (Å²) in [5.74, 6) is -0.611. The largest absolute Gasteiger partial charge is 0.497 e. The van der Waals surface area contributed by atoms with Gasteiger partial charge in [0.1, 0.15) is 5.75 Å². The van der Waals surface area contributed by atoms with Crippen LogP contribution in [0.3, 0.4) is 0 Å². The van der Waals surface area contributed by atoms with Gasteiger partial charge in [-0.3, -0.25) is 4.79 Å². The van der Waals surface area contributed by atoms with Gasteiger partial charge >= 0.3 is 5.97 Å². The average molecular weight is 314 g/mol. The molecule has 1 fully saturated rings. The van der Waals surface area contributed by atoms with Crippen LogP contribution in [-0.2, 0) is 20.7 Å². The monoisotopic (exact) mass is 313 g/mol. The molecule has 1 aromatic rings. The maximum Gasteiger partial charge on any atom is 0.334 e. The number of carboxylic acids is 1. The Balaban J connectivity index is 2.02.